The van der Waals surface area contributed by atoms with Crippen molar-refractivity contribution >= 4 is 5.69 Å². The summed E-state index contributed by atoms with van der Waals surface area (Å²) in [6.07, 6.45) is 0.936. The van der Waals surface area contributed by atoms with E-state index in [4.69, 9.17) is 0 Å². The molecule has 0 spiro atoms. The number of nitrogens with one attached hydrogen (secondary N) is 1. The summed E-state index contributed by atoms with van der Waals surface area (Å²) in [7, 11) is 0. The van der Waals surface area contributed by atoms with Gasteiger partial charge in [-0.2, -0.15) is 0 Å². The molecule has 2 rings (SSSR count). The maximum Gasteiger partial charge on any atom is 0.182 e. The molecule has 0 fully saturated rings. The summed E-state index contributed by atoms with van der Waals surface area (Å²) in [4.78, 5) is 0. The summed E-state index contributed by atoms with van der Waals surface area (Å²) in [6.45, 7) is 3.87. The molecule has 0 aromatic heterocycles. The number of hydrogen-bond acceptors (Lipinski definition) is 1. The van der Waals surface area contributed by atoms with Crippen LogP contribution in [0.4, 0.5) is 18.9 Å². The normalized spacial score (nSPS) is 12.2. The summed E-state index contributed by atoms with van der Waals surface area (Å²) >= 11 is 0. The smallest absolute Gasteiger partial charge is 0.182 e. The molecule has 20 heavy (non-hydrogen) atoms. The molecule has 2 aromatic carbocycles. The second-order valence-corrected chi connectivity index (χ2v) is 4.71. The van der Waals surface area contributed by atoms with Crippen LogP contribution in [0.3, 0.4) is 0 Å². The third-order valence-electron chi connectivity index (χ3n) is 3.25. The van der Waals surface area contributed by atoms with Crippen LogP contribution in [0, 0.1) is 17.5 Å². The molecule has 1 atom stereocenters. The van der Waals surface area contributed by atoms with Gasteiger partial charge in [0, 0.05) is 18.2 Å². The average molecular weight is 279 g/mol. The molecule has 0 saturated heterocycles. The first-order valence-corrected chi connectivity index (χ1v) is 6.51. The first-order chi connectivity index (χ1) is 9.51. The molecule has 0 heterocycles. The van der Waals surface area contributed by atoms with E-state index < -0.39 is 17.5 Å². The Morgan fingerprint density at radius 3 is 2.30 bits per heavy atom. The third kappa shape index (κ3) is 3.13. The van der Waals surface area contributed by atoms with Crippen molar-refractivity contribution in [3.05, 3.63) is 65.0 Å². The van der Waals surface area contributed by atoms with E-state index in [1.807, 2.05) is 31.2 Å². The van der Waals surface area contributed by atoms with Gasteiger partial charge in [-0.15, -0.1) is 0 Å². The van der Waals surface area contributed by atoms with Gasteiger partial charge in [0.25, 0.3) is 0 Å². The molecule has 0 aliphatic rings. The van der Waals surface area contributed by atoms with E-state index in [1.165, 1.54) is 5.56 Å². The van der Waals surface area contributed by atoms with Crippen molar-refractivity contribution in [2.75, 3.05) is 5.32 Å². The van der Waals surface area contributed by atoms with Crippen LogP contribution in [0.15, 0.2) is 36.4 Å². The minimum atomic E-state index is -1.19. The van der Waals surface area contributed by atoms with Gasteiger partial charge in [-0.1, -0.05) is 31.2 Å². The first kappa shape index (κ1) is 14.4. The van der Waals surface area contributed by atoms with E-state index in [2.05, 4.69) is 12.2 Å². The molecule has 0 bridgehead atoms. The second kappa shape index (κ2) is 5.99. The highest BCUT2D eigenvalue weighted by atomic mass is 19.2. The van der Waals surface area contributed by atoms with Crippen molar-refractivity contribution in [2.45, 2.75) is 26.3 Å². The molecule has 1 nitrogen and oxygen atoms in total. The van der Waals surface area contributed by atoms with Crippen LogP contribution < -0.4 is 5.32 Å². The largest absolute Gasteiger partial charge is 0.376 e. The Bertz CT molecular complexity index is 593. The Kier molecular flexibility index (Phi) is 4.32. The number of benzene rings is 2. The summed E-state index contributed by atoms with van der Waals surface area (Å²) in [5.74, 6) is -3.07. The molecular weight excluding hydrogens is 263 g/mol. The van der Waals surface area contributed by atoms with Gasteiger partial charge in [-0.25, -0.2) is 13.2 Å². The highest BCUT2D eigenvalue weighted by Gasteiger charge is 2.13. The molecule has 1 unspecified atom stereocenters. The van der Waals surface area contributed by atoms with Crippen LogP contribution in [-0.4, -0.2) is 0 Å². The van der Waals surface area contributed by atoms with E-state index in [0.717, 1.165) is 18.1 Å². The maximum atomic E-state index is 13.6. The summed E-state index contributed by atoms with van der Waals surface area (Å²) in [5, 5.41) is 2.79. The Morgan fingerprint density at radius 1 is 1.05 bits per heavy atom. The minimum Gasteiger partial charge on any atom is -0.376 e. The highest BCUT2D eigenvalue weighted by molar-refractivity contribution is 5.47. The molecule has 0 aliphatic carbocycles. The Hall–Kier alpha value is -1.97. The third-order valence-corrected chi connectivity index (χ3v) is 3.25. The summed E-state index contributed by atoms with van der Waals surface area (Å²) in [5.41, 5.74) is 1.95. The zero-order valence-corrected chi connectivity index (χ0v) is 11.4. The van der Waals surface area contributed by atoms with Crippen molar-refractivity contribution in [3.8, 4) is 0 Å². The van der Waals surface area contributed by atoms with Gasteiger partial charge >= 0.3 is 0 Å². The van der Waals surface area contributed by atoms with Crippen LogP contribution >= 0.6 is 0 Å². The summed E-state index contributed by atoms with van der Waals surface area (Å²) < 4.78 is 39.8. The van der Waals surface area contributed by atoms with Crippen LogP contribution in [0.1, 0.15) is 31.0 Å². The topological polar surface area (TPSA) is 12.0 Å². The Balaban J connectivity index is 2.20. The van der Waals surface area contributed by atoms with Gasteiger partial charge < -0.3 is 5.32 Å². The molecule has 0 amide bonds. The lowest BCUT2D eigenvalue weighted by Crippen LogP contribution is -2.09. The molecule has 0 aliphatic heterocycles. The standard InChI is InChI=1S/C16H16F3N/c1-3-11-4-6-12(7-5-11)10(2)20-15-9-13(17)8-14(18)16(15)19/h4-10,20H,3H2,1-2H3. The van der Waals surface area contributed by atoms with Crippen molar-refractivity contribution in [1.29, 1.82) is 0 Å². The number of anilines is 1. The van der Waals surface area contributed by atoms with Gasteiger partial charge in [0.05, 0.1) is 5.69 Å². The fourth-order valence-corrected chi connectivity index (χ4v) is 2.02. The average Bonchev–Trinajstić information content (AvgIpc) is 2.44. The fraction of sp³-hybridized carbons (Fsp3) is 0.250. The molecule has 1 N–H and O–H groups in total. The lowest BCUT2D eigenvalue weighted by atomic mass is 10.0. The quantitative estimate of drug-likeness (QED) is 0.790. The minimum absolute atomic E-state index is 0.172. The lowest BCUT2D eigenvalue weighted by molar-refractivity contribution is 0.496. The van der Waals surface area contributed by atoms with Crippen molar-refractivity contribution in [2.24, 2.45) is 0 Å². The monoisotopic (exact) mass is 279 g/mol. The number of aryl methyl sites for hydroxylation is 1. The molecule has 0 saturated carbocycles. The predicted molar refractivity (Wildman–Crippen MR) is 74.2 cm³/mol. The van der Waals surface area contributed by atoms with Gasteiger partial charge in [0.1, 0.15) is 5.82 Å². The van der Waals surface area contributed by atoms with Crippen molar-refractivity contribution in [1.82, 2.24) is 0 Å². The number of hydrogen-bond donors (Lipinski definition) is 1. The molecular formula is C16H16F3N. The van der Waals surface area contributed by atoms with Gasteiger partial charge in [0.15, 0.2) is 11.6 Å². The van der Waals surface area contributed by atoms with Crippen LogP contribution in [-0.2, 0) is 6.42 Å². The van der Waals surface area contributed by atoms with E-state index in [1.54, 1.807) is 0 Å². The number of halogens is 3. The van der Waals surface area contributed by atoms with Gasteiger partial charge in [0.2, 0.25) is 0 Å². The molecule has 0 radical (unpaired) electrons. The predicted octanol–water partition coefficient (Wildman–Crippen LogP) is 4.84. The maximum absolute atomic E-state index is 13.6. The van der Waals surface area contributed by atoms with Gasteiger partial charge in [-0.05, 0) is 24.5 Å². The van der Waals surface area contributed by atoms with Crippen molar-refractivity contribution in [3.63, 3.8) is 0 Å². The van der Waals surface area contributed by atoms with Crippen LogP contribution in [0.5, 0.6) is 0 Å². The van der Waals surface area contributed by atoms with Gasteiger partial charge in [-0.3, -0.25) is 0 Å². The number of rotatable bonds is 4. The zero-order chi connectivity index (χ0) is 14.7. The van der Waals surface area contributed by atoms with Crippen LogP contribution in [0.25, 0.3) is 0 Å². The zero-order valence-electron chi connectivity index (χ0n) is 11.4. The Morgan fingerprint density at radius 2 is 1.70 bits per heavy atom. The second-order valence-electron chi connectivity index (χ2n) is 4.71. The summed E-state index contributed by atoms with van der Waals surface area (Å²) in [6, 6.07) is 9.04. The van der Waals surface area contributed by atoms with Crippen molar-refractivity contribution < 1.29 is 13.2 Å². The highest BCUT2D eigenvalue weighted by Crippen LogP contribution is 2.24. The van der Waals surface area contributed by atoms with E-state index in [0.29, 0.717) is 6.07 Å². The molecule has 4 heteroatoms. The van der Waals surface area contributed by atoms with Crippen LogP contribution in [0.2, 0.25) is 0 Å². The van der Waals surface area contributed by atoms with E-state index >= 15 is 0 Å². The fourth-order valence-electron chi connectivity index (χ4n) is 2.02. The Labute approximate surface area is 116 Å². The first-order valence-electron chi connectivity index (χ1n) is 6.51. The SMILES string of the molecule is CCc1ccc(C(C)Nc2cc(F)cc(F)c2F)cc1. The van der Waals surface area contributed by atoms with E-state index in [-0.39, 0.29) is 11.7 Å². The molecule has 106 valence electrons. The lowest BCUT2D eigenvalue weighted by Gasteiger charge is -2.17. The molecule has 2 aromatic rings. The van der Waals surface area contributed by atoms with E-state index in [9.17, 15) is 13.2 Å².